The summed E-state index contributed by atoms with van der Waals surface area (Å²) in [5.74, 6) is -0.908. The van der Waals surface area contributed by atoms with Crippen LogP contribution in [0.4, 0.5) is 4.39 Å². The molecule has 0 aliphatic rings. The molecule has 0 unspecified atom stereocenters. The summed E-state index contributed by atoms with van der Waals surface area (Å²) in [6, 6.07) is 11.7. The number of hydrogen-bond donors (Lipinski definition) is 0. The van der Waals surface area contributed by atoms with Crippen LogP contribution in [0.5, 0.6) is 0 Å². The Morgan fingerprint density at radius 1 is 1.22 bits per heavy atom. The average Bonchev–Trinajstić information content (AvgIpc) is 2.67. The standard InChI is InChI=1S/C22H19FN2O2/c1-5-27-21(26)18-13-25-19-11-10-16(23)12-17(19)20(18)14-6-8-15(9-7-14)22(2,3)24-4/h6-13H,5H2,1-3H3. The predicted octanol–water partition coefficient (Wildman–Crippen LogP) is 5.37. The molecular formula is C22H19FN2O2. The summed E-state index contributed by atoms with van der Waals surface area (Å²) in [5.41, 5.74) is 2.40. The Kier molecular flexibility index (Phi) is 4.91. The van der Waals surface area contributed by atoms with Gasteiger partial charge in [0.25, 0.3) is 5.54 Å². The van der Waals surface area contributed by atoms with E-state index in [1.807, 2.05) is 38.1 Å². The maximum atomic E-state index is 13.9. The van der Waals surface area contributed by atoms with Gasteiger partial charge in [0.2, 0.25) is 0 Å². The molecule has 3 aromatic rings. The Labute approximate surface area is 157 Å². The van der Waals surface area contributed by atoms with Crippen molar-refractivity contribution in [3.05, 3.63) is 77.0 Å². The zero-order valence-electron chi connectivity index (χ0n) is 15.4. The highest BCUT2D eigenvalue weighted by Gasteiger charge is 2.26. The molecule has 0 N–H and O–H groups in total. The minimum absolute atomic E-state index is 0.234. The van der Waals surface area contributed by atoms with Crippen molar-refractivity contribution < 1.29 is 13.9 Å². The van der Waals surface area contributed by atoms with E-state index in [0.717, 1.165) is 11.1 Å². The maximum Gasteiger partial charge on any atom is 0.340 e. The van der Waals surface area contributed by atoms with Crippen LogP contribution < -0.4 is 0 Å². The van der Waals surface area contributed by atoms with Gasteiger partial charge < -0.3 is 9.58 Å². The molecule has 0 bridgehead atoms. The van der Waals surface area contributed by atoms with E-state index in [2.05, 4.69) is 9.83 Å². The van der Waals surface area contributed by atoms with Gasteiger partial charge in [0.15, 0.2) is 0 Å². The number of carbonyl (C=O) groups excluding carboxylic acids is 1. The van der Waals surface area contributed by atoms with E-state index in [0.29, 0.717) is 16.5 Å². The Morgan fingerprint density at radius 2 is 1.93 bits per heavy atom. The molecule has 1 heterocycles. The van der Waals surface area contributed by atoms with Gasteiger partial charge in [-0.05, 0) is 30.7 Å². The summed E-state index contributed by atoms with van der Waals surface area (Å²) < 4.78 is 19.1. The van der Waals surface area contributed by atoms with Crippen LogP contribution in [0.1, 0.15) is 36.7 Å². The van der Waals surface area contributed by atoms with Gasteiger partial charge in [0.1, 0.15) is 5.82 Å². The Bertz CT molecular complexity index is 1050. The second-order valence-corrected chi connectivity index (χ2v) is 6.68. The fourth-order valence-electron chi connectivity index (χ4n) is 2.95. The predicted molar refractivity (Wildman–Crippen MR) is 103 cm³/mol. The van der Waals surface area contributed by atoms with Gasteiger partial charge in [-0.15, -0.1) is 0 Å². The summed E-state index contributed by atoms with van der Waals surface area (Å²) in [7, 11) is 0. The number of rotatable bonds is 4. The zero-order chi connectivity index (χ0) is 19.6. The number of halogens is 1. The molecule has 1 aromatic heterocycles. The van der Waals surface area contributed by atoms with Crippen LogP contribution in [0.2, 0.25) is 0 Å². The molecule has 27 heavy (non-hydrogen) atoms. The molecule has 0 fully saturated rings. The fraction of sp³-hybridized carbons (Fsp3) is 0.227. The van der Waals surface area contributed by atoms with E-state index >= 15 is 0 Å². The lowest BCUT2D eigenvalue weighted by atomic mass is 9.91. The molecule has 136 valence electrons. The molecule has 0 saturated heterocycles. The van der Waals surface area contributed by atoms with Gasteiger partial charge in [0.05, 0.1) is 17.7 Å². The Morgan fingerprint density at radius 3 is 2.56 bits per heavy atom. The van der Waals surface area contributed by atoms with E-state index in [9.17, 15) is 9.18 Å². The van der Waals surface area contributed by atoms with Crippen LogP contribution in [-0.4, -0.2) is 17.6 Å². The highest BCUT2D eigenvalue weighted by molar-refractivity contribution is 6.06. The van der Waals surface area contributed by atoms with Crippen molar-refractivity contribution in [3.8, 4) is 11.1 Å². The van der Waals surface area contributed by atoms with Crippen LogP contribution in [0.3, 0.4) is 0 Å². The van der Waals surface area contributed by atoms with Gasteiger partial charge in [-0.3, -0.25) is 4.98 Å². The van der Waals surface area contributed by atoms with Crippen molar-refractivity contribution in [2.75, 3.05) is 6.61 Å². The monoisotopic (exact) mass is 362 g/mol. The summed E-state index contributed by atoms with van der Waals surface area (Å²) in [4.78, 5) is 20.4. The van der Waals surface area contributed by atoms with Crippen molar-refractivity contribution in [3.63, 3.8) is 0 Å². The van der Waals surface area contributed by atoms with E-state index < -0.39 is 17.3 Å². The third-order valence-corrected chi connectivity index (χ3v) is 4.48. The highest BCUT2D eigenvalue weighted by Crippen LogP contribution is 2.34. The summed E-state index contributed by atoms with van der Waals surface area (Å²) in [6.07, 6.45) is 1.46. The minimum atomic E-state index is -0.644. The number of fused-ring (bicyclic) bond motifs is 1. The third kappa shape index (κ3) is 3.52. The number of hydrogen-bond acceptors (Lipinski definition) is 3. The minimum Gasteiger partial charge on any atom is -0.462 e. The van der Waals surface area contributed by atoms with E-state index in [-0.39, 0.29) is 12.2 Å². The number of esters is 1. The van der Waals surface area contributed by atoms with Crippen molar-refractivity contribution in [1.29, 1.82) is 0 Å². The third-order valence-electron chi connectivity index (χ3n) is 4.48. The largest absolute Gasteiger partial charge is 0.462 e. The summed E-state index contributed by atoms with van der Waals surface area (Å²) in [5, 5.41) is 0.540. The molecule has 5 heteroatoms. The molecule has 0 saturated carbocycles. The molecule has 3 rings (SSSR count). The first kappa shape index (κ1) is 18.5. The van der Waals surface area contributed by atoms with Crippen molar-refractivity contribution in [2.24, 2.45) is 0 Å². The Balaban J connectivity index is 2.25. The number of ether oxygens (including phenoxy) is 1. The lowest BCUT2D eigenvalue weighted by Crippen LogP contribution is -2.11. The highest BCUT2D eigenvalue weighted by atomic mass is 19.1. The maximum absolute atomic E-state index is 13.9. The van der Waals surface area contributed by atoms with Crippen LogP contribution in [0.15, 0.2) is 48.7 Å². The molecule has 0 radical (unpaired) electrons. The van der Waals surface area contributed by atoms with Crippen molar-refractivity contribution in [1.82, 2.24) is 4.98 Å². The number of aromatic nitrogens is 1. The average molecular weight is 362 g/mol. The lowest BCUT2D eigenvalue weighted by molar-refractivity contribution is 0.0527. The zero-order valence-corrected chi connectivity index (χ0v) is 15.4. The van der Waals surface area contributed by atoms with Crippen molar-refractivity contribution in [2.45, 2.75) is 26.3 Å². The molecule has 0 aliphatic carbocycles. The van der Waals surface area contributed by atoms with Gasteiger partial charge in [-0.1, -0.05) is 24.3 Å². The SMILES string of the molecule is [C-]#[N+]C(C)(C)c1ccc(-c2c(C(=O)OCC)cnc3ccc(F)cc23)cc1. The summed E-state index contributed by atoms with van der Waals surface area (Å²) in [6.45, 7) is 13.0. The van der Waals surface area contributed by atoms with Crippen LogP contribution in [0, 0.1) is 12.4 Å². The number of pyridine rings is 1. The topological polar surface area (TPSA) is 43.5 Å². The lowest BCUT2D eigenvalue weighted by Gasteiger charge is -2.15. The number of nitrogens with zero attached hydrogens (tertiary/aromatic N) is 2. The van der Waals surface area contributed by atoms with Crippen molar-refractivity contribution >= 4 is 16.9 Å². The van der Waals surface area contributed by atoms with Crippen LogP contribution in [-0.2, 0) is 10.3 Å². The first-order valence-electron chi connectivity index (χ1n) is 8.62. The number of benzene rings is 2. The molecule has 0 atom stereocenters. The van der Waals surface area contributed by atoms with Crippen LogP contribution >= 0.6 is 0 Å². The first-order valence-corrected chi connectivity index (χ1v) is 8.62. The van der Waals surface area contributed by atoms with Gasteiger partial charge >= 0.3 is 5.97 Å². The van der Waals surface area contributed by atoms with Gasteiger partial charge in [0, 0.05) is 36.6 Å². The van der Waals surface area contributed by atoms with E-state index in [4.69, 9.17) is 11.3 Å². The molecule has 4 nitrogen and oxygen atoms in total. The van der Waals surface area contributed by atoms with E-state index in [1.54, 1.807) is 13.0 Å². The smallest absolute Gasteiger partial charge is 0.340 e. The molecular weight excluding hydrogens is 343 g/mol. The second kappa shape index (κ2) is 7.16. The normalized spacial score (nSPS) is 11.2. The summed E-state index contributed by atoms with van der Waals surface area (Å²) >= 11 is 0. The second-order valence-electron chi connectivity index (χ2n) is 6.68. The molecule has 0 aliphatic heterocycles. The fourth-order valence-corrected chi connectivity index (χ4v) is 2.95. The molecule has 2 aromatic carbocycles. The van der Waals surface area contributed by atoms with Crippen LogP contribution in [0.25, 0.3) is 26.9 Å². The first-order chi connectivity index (χ1) is 12.9. The Hall–Kier alpha value is -3.26. The quantitative estimate of drug-likeness (QED) is 0.463. The van der Waals surface area contributed by atoms with Gasteiger partial charge in [-0.2, -0.15) is 0 Å². The van der Waals surface area contributed by atoms with Gasteiger partial charge in [-0.25, -0.2) is 15.8 Å². The molecule has 0 spiro atoms. The molecule has 0 amide bonds. The van der Waals surface area contributed by atoms with E-state index in [1.165, 1.54) is 18.3 Å². The number of carbonyl (C=O) groups is 1.